The zero-order valence-corrected chi connectivity index (χ0v) is 15.6. The van der Waals surface area contributed by atoms with Crippen LogP contribution in [0.3, 0.4) is 0 Å². The summed E-state index contributed by atoms with van der Waals surface area (Å²) in [5.41, 5.74) is 7.95. The van der Waals surface area contributed by atoms with Crippen molar-refractivity contribution in [3.05, 3.63) is 58.9 Å². The molecule has 0 spiro atoms. The Balaban J connectivity index is 1.35. The van der Waals surface area contributed by atoms with E-state index in [9.17, 15) is 4.79 Å². The molecule has 2 aromatic rings. The Morgan fingerprint density at radius 3 is 2.63 bits per heavy atom. The van der Waals surface area contributed by atoms with Gasteiger partial charge in [-0.15, -0.1) is 0 Å². The van der Waals surface area contributed by atoms with Gasteiger partial charge in [0.15, 0.2) is 0 Å². The maximum atomic E-state index is 12.8. The largest absolute Gasteiger partial charge is 0.463 e. The van der Waals surface area contributed by atoms with Crippen LogP contribution >= 0.6 is 11.6 Å². The van der Waals surface area contributed by atoms with Crippen LogP contribution in [0.4, 0.5) is 5.69 Å². The summed E-state index contributed by atoms with van der Waals surface area (Å²) in [7, 11) is 0. The Morgan fingerprint density at radius 1 is 1.26 bits per heavy atom. The fourth-order valence-electron chi connectivity index (χ4n) is 3.35. The van der Waals surface area contributed by atoms with Crippen LogP contribution < -0.4 is 11.1 Å². The minimum Gasteiger partial charge on any atom is -0.463 e. The summed E-state index contributed by atoms with van der Waals surface area (Å²) in [6, 6.07) is 12.0. The average molecular weight is 385 g/mol. The fourth-order valence-corrected chi connectivity index (χ4v) is 3.47. The zero-order valence-electron chi connectivity index (χ0n) is 14.8. The lowest BCUT2D eigenvalue weighted by Crippen LogP contribution is -2.27. The normalized spacial score (nSPS) is 19.9. The van der Waals surface area contributed by atoms with Gasteiger partial charge >= 0.3 is 0 Å². The molecule has 1 atom stereocenters. The molecule has 2 heterocycles. The van der Waals surface area contributed by atoms with Crippen LogP contribution in [-0.2, 0) is 21.4 Å². The van der Waals surface area contributed by atoms with Crippen molar-refractivity contribution in [1.29, 1.82) is 0 Å². The number of nitrogens with two attached hydrogens (primary N) is 1. The van der Waals surface area contributed by atoms with E-state index in [2.05, 4.69) is 15.3 Å². The van der Waals surface area contributed by atoms with E-state index < -0.39 is 5.41 Å². The van der Waals surface area contributed by atoms with Gasteiger partial charge in [0.1, 0.15) is 11.8 Å². The maximum absolute atomic E-state index is 12.8. The Labute approximate surface area is 162 Å². The van der Waals surface area contributed by atoms with Gasteiger partial charge in [-0.05, 0) is 55.0 Å². The Hall–Kier alpha value is -2.60. The number of aryl methyl sites for hydroxylation is 1. The predicted octanol–water partition coefficient (Wildman–Crippen LogP) is 3.05. The molecule has 4 rings (SSSR count). The minimum atomic E-state index is -0.476. The quantitative estimate of drug-likeness (QED) is 0.749. The number of carbonyl (C=O) groups excluding carboxylic acids is 1. The summed E-state index contributed by atoms with van der Waals surface area (Å²) in [5.74, 6) is 0.00675. The van der Waals surface area contributed by atoms with Crippen molar-refractivity contribution in [2.24, 2.45) is 10.7 Å². The molecule has 1 aromatic carbocycles. The number of nitrogens with zero attached hydrogens (tertiary/aromatic N) is 2. The van der Waals surface area contributed by atoms with Gasteiger partial charge in [0, 0.05) is 11.9 Å². The Bertz CT molecular complexity index is 861. The van der Waals surface area contributed by atoms with Crippen LogP contribution in [-0.4, -0.2) is 29.6 Å². The zero-order chi connectivity index (χ0) is 18.9. The van der Waals surface area contributed by atoms with E-state index in [1.54, 1.807) is 12.3 Å². The van der Waals surface area contributed by atoms with Gasteiger partial charge in [-0.3, -0.25) is 4.79 Å². The van der Waals surface area contributed by atoms with Gasteiger partial charge in [-0.2, -0.15) is 0 Å². The molecule has 3 N–H and O–H groups in total. The number of aliphatic imine (C=N–C) groups is 1. The standard InChI is InChI=1S/C20H21ClN4O2/c21-17-8-4-14(11-23-17)20(9-10-20)18(26)24-15-5-1-13(2-6-15)3-7-16-12-27-19(22)25-16/h1-2,4-6,8,11,16H,3,7,9-10,12H2,(H2,22,25)(H,24,26)/t16-/m0/s1. The number of rotatable bonds is 6. The summed E-state index contributed by atoms with van der Waals surface area (Å²) in [4.78, 5) is 21.1. The Morgan fingerprint density at radius 2 is 2.04 bits per heavy atom. The van der Waals surface area contributed by atoms with Gasteiger partial charge < -0.3 is 15.8 Å². The second-order valence-electron chi connectivity index (χ2n) is 7.07. The third kappa shape index (κ3) is 3.90. The lowest BCUT2D eigenvalue weighted by Gasteiger charge is -2.16. The maximum Gasteiger partial charge on any atom is 0.282 e. The van der Waals surface area contributed by atoms with E-state index in [0.717, 1.165) is 36.9 Å². The van der Waals surface area contributed by atoms with Crippen LogP contribution in [0, 0.1) is 0 Å². The number of amides is 1. The molecule has 1 fully saturated rings. The number of hydrogen-bond acceptors (Lipinski definition) is 5. The fraction of sp³-hybridized carbons (Fsp3) is 0.350. The first-order valence-corrected chi connectivity index (χ1v) is 9.41. The summed E-state index contributed by atoms with van der Waals surface area (Å²) in [6.45, 7) is 0.557. The van der Waals surface area contributed by atoms with E-state index in [4.69, 9.17) is 22.1 Å². The predicted molar refractivity (Wildman–Crippen MR) is 105 cm³/mol. The van der Waals surface area contributed by atoms with Crippen molar-refractivity contribution in [2.45, 2.75) is 37.1 Å². The molecule has 1 aromatic heterocycles. The highest BCUT2D eigenvalue weighted by Crippen LogP contribution is 2.48. The van der Waals surface area contributed by atoms with Crippen LogP contribution in [0.2, 0.25) is 5.15 Å². The van der Waals surface area contributed by atoms with Crippen molar-refractivity contribution in [3.8, 4) is 0 Å². The summed E-state index contributed by atoms with van der Waals surface area (Å²) in [6.07, 6.45) is 5.12. The molecular weight excluding hydrogens is 364 g/mol. The topological polar surface area (TPSA) is 89.6 Å². The molecular formula is C20H21ClN4O2. The average Bonchev–Trinajstić information content (AvgIpc) is 3.38. The number of aromatic nitrogens is 1. The van der Waals surface area contributed by atoms with Crippen molar-refractivity contribution < 1.29 is 9.53 Å². The van der Waals surface area contributed by atoms with Crippen LogP contribution in [0.5, 0.6) is 0 Å². The number of hydrogen-bond donors (Lipinski definition) is 2. The SMILES string of the molecule is NC1=N[C@@H](CCc2ccc(NC(=O)C3(c4ccc(Cl)nc4)CC3)cc2)CO1. The van der Waals surface area contributed by atoms with Gasteiger partial charge in [0.2, 0.25) is 5.91 Å². The van der Waals surface area contributed by atoms with E-state index in [1.165, 1.54) is 5.56 Å². The molecule has 140 valence electrons. The number of amidine groups is 1. The van der Waals surface area contributed by atoms with Gasteiger partial charge in [0.05, 0.1) is 11.5 Å². The number of nitrogens with one attached hydrogen (secondary N) is 1. The summed E-state index contributed by atoms with van der Waals surface area (Å²) in [5, 5.41) is 3.46. The third-order valence-corrected chi connectivity index (χ3v) is 5.40. The number of pyridine rings is 1. The number of anilines is 1. The highest BCUT2D eigenvalue weighted by Gasteiger charge is 2.51. The number of ether oxygens (including phenoxy) is 1. The van der Waals surface area contributed by atoms with E-state index in [-0.39, 0.29) is 18.0 Å². The second kappa shape index (κ2) is 7.19. The molecule has 2 aliphatic rings. The summed E-state index contributed by atoms with van der Waals surface area (Å²) >= 11 is 5.85. The molecule has 0 saturated heterocycles. The number of benzene rings is 1. The van der Waals surface area contributed by atoms with Crippen molar-refractivity contribution in [3.63, 3.8) is 0 Å². The monoisotopic (exact) mass is 384 g/mol. The molecule has 1 saturated carbocycles. The highest BCUT2D eigenvalue weighted by atomic mass is 35.5. The first-order valence-electron chi connectivity index (χ1n) is 9.04. The minimum absolute atomic E-state index is 0.00675. The van der Waals surface area contributed by atoms with Crippen LogP contribution in [0.15, 0.2) is 47.6 Å². The van der Waals surface area contributed by atoms with E-state index in [1.807, 2.05) is 30.3 Å². The number of carbonyl (C=O) groups is 1. The van der Waals surface area contributed by atoms with Crippen LogP contribution in [0.1, 0.15) is 30.4 Å². The molecule has 7 heteroatoms. The van der Waals surface area contributed by atoms with Crippen LogP contribution in [0.25, 0.3) is 0 Å². The summed E-state index contributed by atoms with van der Waals surface area (Å²) < 4.78 is 5.17. The molecule has 0 bridgehead atoms. The highest BCUT2D eigenvalue weighted by molar-refractivity contribution is 6.29. The van der Waals surface area contributed by atoms with Gasteiger partial charge in [0.25, 0.3) is 6.02 Å². The molecule has 6 nitrogen and oxygen atoms in total. The smallest absolute Gasteiger partial charge is 0.282 e. The third-order valence-electron chi connectivity index (χ3n) is 5.18. The van der Waals surface area contributed by atoms with E-state index >= 15 is 0 Å². The molecule has 1 aliphatic heterocycles. The van der Waals surface area contributed by atoms with Gasteiger partial charge in [-0.1, -0.05) is 29.8 Å². The molecule has 1 amide bonds. The van der Waals surface area contributed by atoms with Crippen molar-refractivity contribution >= 4 is 29.2 Å². The Kier molecular flexibility index (Phi) is 4.74. The first-order chi connectivity index (χ1) is 13.0. The van der Waals surface area contributed by atoms with Gasteiger partial charge in [-0.25, -0.2) is 9.98 Å². The number of halogens is 1. The molecule has 0 radical (unpaired) electrons. The van der Waals surface area contributed by atoms with E-state index in [0.29, 0.717) is 11.8 Å². The van der Waals surface area contributed by atoms with Crippen molar-refractivity contribution in [2.75, 3.05) is 11.9 Å². The van der Waals surface area contributed by atoms with Crippen molar-refractivity contribution in [1.82, 2.24) is 4.98 Å². The molecule has 27 heavy (non-hydrogen) atoms. The lowest BCUT2D eigenvalue weighted by atomic mass is 9.96. The molecule has 0 unspecified atom stereocenters. The molecule has 1 aliphatic carbocycles. The second-order valence-corrected chi connectivity index (χ2v) is 7.46. The lowest BCUT2D eigenvalue weighted by molar-refractivity contribution is -0.118. The first kappa shape index (κ1) is 17.8.